The molecular formula is C26H26FN3. The number of nitrogens with zero attached hydrogens (tertiary/aromatic N) is 2. The summed E-state index contributed by atoms with van der Waals surface area (Å²) in [4.78, 5) is 5.18. The van der Waals surface area contributed by atoms with Gasteiger partial charge in [-0.25, -0.2) is 4.39 Å². The van der Waals surface area contributed by atoms with Crippen LogP contribution in [0, 0.1) is 23.6 Å². The molecule has 2 aromatic carbocycles. The summed E-state index contributed by atoms with van der Waals surface area (Å²) in [6, 6.07) is 16.9. The van der Waals surface area contributed by atoms with Crippen molar-refractivity contribution in [2.45, 2.75) is 43.9 Å². The Balaban J connectivity index is 1.37. The highest BCUT2D eigenvalue weighted by Gasteiger charge is 2.52. The van der Waals surface area contributed by atoms with Gasteiger partial charge in [0.15, 0.2) is 0 Å². The molecule has 1 N–H and O–H groups in total. The molecule has 3 nitrogen and oxygen atoms in total. The average Bonchev–Trinajstić information content (AvgIpc) is 2.74. The van der Waals surface area contributed by atoms with Crippen LogP contribution in [-0.2, 0) is 5.41 Å². The SMILES string of the molecule is Fc1ccc(N/N=C/c2cc(C34CC5CC(CC(C5)C3)C4)nc3ccccc23)cc1. The second-order valence-corrected chi connectivity index (χ2v) is 9.69. The molecule has 152 valence electrons. The number of hydrazone groups is 1. The number of halogens is 1. The van der Waals surface area contributed by atoms with Crippen molar-refractivity contribution in [3.05, 3.63) is 71.7 Å². The van der Waals surface area contributed by atoms with E-state index in [1.165, 1.54) is 56.4 Å². The molecule has 4 fully saturated rings. The maximum absolute atomic E-state index is 13.1. The fraction of sp³-hybridized carbons (Fsp3) is 0.385. The molecule has 3 aromatic rings. The Bertz CT molecular complexity index is 1080. The van der Waals surface area contributed by atoms with E-state index < -0.39 is 0 Å². The molecular weight excluding hydrogens is 373 g/mol. The van der Waals surface area contributed by atoms with E-state index in [0.717, 1.165) is 39.9 Å². The van der Waals surface area contributed by atoms with Crippen LogP contribution in [0.3, 0.4) is 0 Å². The van der Waals surface area contributed by atoms with Gasteiger partial charge in [0.2, 0.25) is 0 Å². The minimum Gasteiger partial charge on any atom is -0.279 e. The number of rotatable bonds is 4. The number of hydrogen-bond donors (Lipinski definition) is 1. The van der Waals surface area contributed by atoms with Crippen LogP contribution < -0.4 is 5.43 Å². The van der Waals surface area contributed by atoms with E-state index in [-0.39, 0.29) is 11.2 Å². The van der Waals surface area contributed by atoms with E-state index in [9.17, 15) is 4.39 Å². The van der Waals surface area contributed by atoms with Crippen molar-refractivity contribution < 1.29 is 4.39 Å². The predicted molar refractivity (Wildman–Crippen MR) is 119 cm³/mol. The van der Waals surface area contributed by atoms with Gasteiger partial charge in [0.25, 0.3) is 0 Å². The number of anilines is 1. The molecule has 0 radical (unpaired) electrons. The Hall–Kier alpha value is -2.75. The number of pyridine rings is 1. The molecule has 4 aliphatic rings. The summed E-state index contributed by atoms with van der Waals surface area (Å²) in [5.41, 5.74) is 7.46. The van der Waals surface area contributed by atoms with Crippen LogP contribution in [0.5, 0.6) is 0 Å². The van der Waals surface area contributed by atoms with E-state index in [1.807, 2.05) is 6.21 Å². The van der Waals surface area contributed by atoms with Crippen LogP contribution in [0.25, 0.3) is 10.9 Å². The number of fused-ring (bicyclic) bond motifs is 1. The van der Waals surface area contributed by atoms with Crippen LogP contribution in [0.4, 0.5) is 10.1 Å². The fourth-order valence-electron chi connectivity index (χ4n) is 6.71. The molecule has 0 aliphatic heterocycles. The Labute approximate surface area is 176 Å². The third kappa shape index (κ3) is 3.10. The molecule has 4 saturated carbocycles. The minimum absolute atomic E-state index is 0.245. The Morgan fingerprint density at radius 1 is 0.933 bits per heavy atom. The first-order valence-electron chi connectivity index (χ1n) is 11.1. The van der Waals surface area contributed by atoms with Gasteiger partial charge in [0, 0.05) is 22.1 Å². The Morgan fingerprint density at radius 2 is 1.60 bits per heavy atom. The number of benzene rings is 2. The van der Waals surface area contributed by atoms with Gasteiger partial charge >= 0.3 is 0 Å². The highest BCUT2D eigenvalue weighted by molar-refractivity contribution is 5.98. The number of nitrogens with one attached hydrogen (secondary N) is 1. The number of aromatic nitrogens is 1. The summed E-state index contributed by atoms with van der Waals surface area (Å²) in [5.74, 6) is 2.43. The van der Waals surface area contributed by atoms with Crippen molar-refractivity contribution in [1.29, 1.82) is 0 Å². The summed E-state index contributed by atoms with van der Waals surface area (Å²) in [6.07, 6.45) is 10.1. The van der Waals surface area contributed by atoms with E-state index in [0.29, 0.717) is 0 Å². The maximum Gasteiger partial charge on any atom is 0.123 e. The topological polar surface area (TPSA) is 37.3 Å². The van der Waals surface area contributed by atoms with Crippen LogP contribution in [-0.4, -0.2) is 11.2 Å². The van der Waals surface area contributed by atoms with E-state index in [2.05, 4.69) is 40.9 Å². The zero-order valence-corrected chi connectivity index (χ0v) is 17.0. The monoisotopic (exact) mass is 399 g/mol. The summed E-state index contributed by atoms with van der Waals surface area (Å²) in [7, 11) is 0. The van der Waals surface area contributed by atoms with Crippen molar-refractivity contribution in [1.82, 2.24) is 4.98 Å². The van der Waals surface area contributed by atoms with Crippen LogP contribution in [0.2, 0.25) is 0 Å². The summed E-state index contributed by atoms with van der Waals surface area (Å²) < 4.78 is 13.1. The van der Waals surface area contributed by atoms with Gasteiger partial charge in [-0.05, 0) is 92.7 Å². The molecule has 0 saturated heterocycles. The van der Waals surface area contributed by atoms with Crippen molar-refractivity contribution in [3.63, 3.8) is 0 Å². The average molecular weight is 400 g/mol. The van der Waals surface area contributed by atoms with Gasteiger partial charge in [-0.2, -0.15) is 5.10 Å². The molecule has 1 aromatic heterocycles. The van der Waals surface area contributed by atoms with E-state index in [4.69, 9.17) is 4.98 Å². The largest absolute Gasteiger partial charge is 0.279 e. The molecule has 0 amide bonds. The lowest BCUT2D eigenvalue weighted by Gasteiger charge is -2.56. The molecule has 4 bridgehead atoms. The van der Waals surface area contributed by atoms with Gasteiger partial charge < -0.3 is 0 Å². The van der Waals surface area contributed by atoms with E-state index in [1.54, 1.807) is 12.1 Å². The van der Waals surface area contributed by atoms with Crippen molar-refractivity contribution >= 4 is 22.8 Å². The lowest BCUT2D eigenvalue weighted by atomic mass is 9.48. The van der Waals surface area contributed by atoms with Crippen LogP contribution in [0.15, 0.2) is 59.7 Å². The summed E-state index contributed by atoms with van der Waals surface area (Å²) in [5, 5.41) is 5.57. The number of hydrogen-bond acceptors (Lipinski definition) is 3. The van der Waals surface area contributed by atoms with Gasteiger partial charge in [0.05, 0.1) is 17.4 Å². The second kappa shape index (κ2) is 6.90. The van der Waals surface area contributed by atoms with Gasteiger partial charge in [-0.15, -0.1) is 0 Å². The summed E-state index contributed by atoms with van der Waals surface area (Å²) in [6.45, 7) is 0. The third-order valence-electron chi connectivity index (χ3n) is 7.57. The van der Waals surface area contributed by atoms with E-state index >= 15 is 0 Å². The highest BCUT2D eigenvalue weighted by atomic mass is 19.1. The molecule has 30 heavy (non-hydrogen) atoms. The standard InChI is InChI=1S/C26H26FN3/c27-21-5-7-22(8-6-21)30-28-16-20-12-25(29-24-4-2-1-3-23(20)24)26-13-17-9-18(14-26)11-19(10-17)15-26/h1-8,12,16-19,30H,9-11,13-15H2/b28-16+. The Kier molecular flexibility index (Phi) is 4.15. The van der Waals surface area contributed by atoms with Crippen molar-refractivity contribution in [2.75, 3.05) is 5.43 Å². The van der Waals surface area contributed by atoms with Gasteiger partial charge in [-0.3, -0.25) is 10.4 Å². The van der Waals surface area contributed by atoms with Crippen LogP contribution >= 0.6 is 0 Å². The predicted octanol–water partition coefficient (Wildman–Crippen LogP) is 6.29. The zero-order chi connectivity index (χ0) is 20.1. The molecule has 0 atom stereocenters. The lowest BCUT2D eigenvalue weighted by Crippen LogP contribution is -2.49. The fourth-order valence-corrected chi connectivity index (χ4v) is 6.71. The lowest BCUT2D eigenvalue weighted by molar-refractivity contribution is -0.00706. The molecule has 7 rings (SSSR count). The molecule has 4 aliphatic carbocycles. The summed E-state index contributed by atoms with van der Waals surface area (Å²) >= 11 is 0. The van der Waals surface area contributed by atoms with Crippen molar-refractivity contribution in [2.24, 2.45) is 22.9 Å². The smallest absolute Gasteiger partial charge is 0.123 e. The number of para-hydroxylation sites is 1. The molecule has 0 unspecified atom stereocenters. The quantitative estimate of drug-likeness (QED) is 0.414. The first-order valence-corrected chi connectivity index (χ1v) is 11.1. The van der Waals surface area contributed by atoms with Crippen molar-refractivity contribution in [3.8, 4) is 0 Å². The first kappa shape index (κ1) is 18.1. The Morgan fingerprint density at radius 3 is 2.30 bits per heavy atom. The highest BCUT2D eigenvalue weighted by Crippen LogP contribution is 2.60. The van der Waals surface area contributed by atoms with Gasteiger partial charge in [-0.1, -0.05) is 18.2 Å². The second-order valence-electron chi connectivity index (χ2n) is 9.69. The van der Waals surface area contributed by atoms with Gasteiger partial charge in [0.1, 0.15) is 5.82 Å². The maximum atomic E-state index is 13.1. The normalized spacial score (nSPS) is 29.7. The molecule has 1 heterocycles. The molecule has 0 spiro atoms. The molecule has 4 heteroatoms. The third-order valence-corrected chi connectivity index (χ3v) is 7.57. The first-order chi connectivity index (χ1) is 14.7. The minimum atomic E-state index is -0.245. The van der Waals surface area contributed by atoms with Crippen LogP contribution in [0.1, 0.15) is 49.8 Å². The zero-order valence-electron chi connectivity index (χ0n) is 17.0.